The first-order chi connectivity index (χ1) is 13.9. The van der Waals surface area contributed by atoms with Crippen LogP contribution in [0.3, 0.4) is 0 Å². The number of thioether (sulfide) groups is 1. The quantitative estimate of drug-likeness (QED) is 0.389. The Morgan fingerprint density at radius 3 is 2.41 bits per heavy atom. The zero-order chi connectivity index (χ0) is 21.0. The van der Waals surface area contributed by atoms with Crippen LogP contribution < -0.4 is 4.74 Å². The van der Waals surface area contributed by atoms with Gasteiger partial charge in [-0.3, -0.25) is 19.3 Å². The van der Waals surface area contributed by atoms with Gasteiger partial charge in [0, 0.05) is 10.0 Å². The van der Waals surface area contributed by atoms with Crippen molar-refractivity contribution in [2.45, 2.75) is 26.4 Å². The zero-order valence-corrected chi connectivity index (χ0v) is 18.5. The molecule has 29 heavy (non-hydrogen) atoms. The van der Waals surface area contributed by atoms with E-state index in [1.807, 2.05) is 31.2 Å². The Kier molecular flexibility index (Phi) is 6.92. The van der Waals surface area contributed by atoms with Crippen molar-refractivity contribution in [3.05, 3.63) is 69.0 Å². The number of hydrogen-bond acceptors (Lipinski definition) is 5. The van der Waals surface area contributed by atoms with E-state index in [1.54, 1.807) is 30.3 Å². The first-order valence-corrected chi connectivity index (χ1v) is 10.8. The molecule has 7 heteroatoms. The van der Waals surface area contributed by atoms with Gasteiger partial charge in [-0.2, -0.15) is 0 Å². The number of rotatable bonds is 7. The maximum absolute atomic E-state index is 12.6. The highest BCUT2D eigenvalue weighted by molar-refractivity contribution is 9.10. The number of halogens is 1. The van der Waals surface area contributed by atoms with Crippen molar-refractivity contribution in [1.82, 2.24) is 4.90 Å². The predicted molar refractivity (Wildman–Crippen MR) is 118 cm³/mol. The summed E-state index contributed by atoms with van der Waals surface area (Å²) in [6.45, 7) is 3.78. The zero-order valence-electron chi connectivity index (χ0n) is 16.1. The third-order valence-electron chi connectivity index (χ3n) is 4.43. The van der Waals surface area contributed by atoms with Crippen molar-refractivity contribution in [3.8, 4) is 5.75 Å². The highest BCUT2D eigenvalue weighted by Crippen LogP contribution is 2.32. The standard InChI is InChI=1S/C22H20BrNO4S/c1-3-14(2)28-18-10-4-15(5-11-18)12-20-21(26)24(22(27)29-20)13-19(25)16-6-8-17(23)9-7-16/h4-12,14H,3,13H2,1-2H3/b20-12-/t14-/m0/s1. The molecule has 0 aliphatic carbocycles. The maximum atomic E-state index is 12.6. The molecule has 0 saturated carbocycles. The summed E-state index contributed by atoms with van der Waals surface area (Å²) in [5.74, 6) is 0.0164. The number of amides is 2. The molecule has 0 aromatic heterocycles. The lowest BCUT2D eigenvalue weighted by molar-refractivity contribution is -0.122. The van der Waals surface area contributed by atoms with Gasteiger partial charge in [0.05, 0.1) is 17.6 Å². The second kappa shape index (κ2) is 9.41. The number of ether oxygens (including phenoxy) is 1. The number of hydrogen-bond donors (Lipinski definition) is 0. The van der Waals surface area contributed by atoms with Gasteiger partial charge in [0.1, 0.15) is 5.75 Å². The molecule has 2 aromatic carbocycles. The van der Waals surface area contributed by atoms with E-state index in [0.29, 0.717) is 10.5 Å². The van der Waals surface area contributed by atoms with Crippen LogP contribution in [0.5, 0.6) is 5.75 Å². The lowest BCUT2D eigenvalue weighted by atomic mass is 10.1. The average Bonchev–Trinajstić information content (AvgIpc) is 2.97. The Balaban J connectivity index is 1.69. The fourth-order valence-electron chi connectivity index (χ4n) is 2.62. The molecule has 0 N–H and O–H groups in total. The molecule has 0 radical (unpaired) electrons. The monoisotopic (exact) mass is 473 g/mol. The summed E-state index contributed by atoms with van der Waals surface area (Å²) >= 11 is 4.15. The van der Waals surface area contributed by atoms with Crippen molar-refractivity contribution in [2.75, 3.05) is 6.54 Å². The Morgan fingerprint density at radius 1 is 1.14 bits per heavy atom. The second-order valence-corrected chi connectivity index (χ2v) is 8.51. The molecular formula is C22H20BrNO4S. The summed E-state index contributed by atoms with van der Waals surface area (Å²) in [5.41, 5.74) is 1.24. The summed E-state index contributed by atoms with van der Waals surface area (Å²) in [6.07, 6.45) is 2.69. The minimum Gasteiger partial charge on any atom is -0.491 e. The minimum absolute atomic E-state index is 0.126. The number of Topliss-reactive ketones (excluding diaryl/α,β-unsaturated/α-hetero) is 1. The Labute approximate surface area is 182 Å². The first kappa shape index (κ1) is 21.3. The van der Waals surface area contributed by atoms with Gasteiger partial charge in [-0.1, -0.05) is 47.1 Å². The summed E-state index contributed by atoms with van der Waals surface area (Å²) in [6, 6.07) is 14.1. The lowest BCUT2D eigenvalue weighted by Crippen LogP contribution is -2.33. The van der Waals surface area contributed by atoms with Gasteiger partial charge in [-0.25, -0.2) is 0 Å². The maximum Gasteiger partial charge on any atom is 0.293 e. The summed E-state index contributed by atoms with van der Waals surface area (Å²) < 4.78 is 6.59. The Hall–Kier alpha value is -2.38. The highest BCUT2D eigenvalue weighted by atomic mass is 79.9. The predicted octanol–water partition coefficient (Wildman–Crippen LogP) is 5.55. The minimum atomic E-state index is -0.453. The van der Waals surface area contributed by atoms with Gasteiger partial charge in [-0.05, 0) is 61.0 Å². The molecular weight excluding hydrogens is 454 g/mol. The average molecular weight is 474 g/mol. The van der Waals surface area contributed by atoms with Crippen molar-refractivity contribution >= 4 is 50.7 Å². The van der Waals surface area contributed by atoms with Crippen LogP contribution in [0, 0.1) is 0 Å². The van der Waals surface area contributed by atoms with Gasteiger partial charge in [0.15, 0.2) is 5.78 Å². The number of imide groups is 1. The largest absolute Gasteiger partial charge is 0.491 e. The van der Waals surface area contributed by atoms with Gasteiger partial charge < -0.3 is 4.74 Å². The molecule has 1 saturated heterocycles. The molecule has 1 aliphatic heterocycles. The van der Waals surface area contributed by atoms with Crippen LogP contribution in [-0.2, 0) is 4.79 Å². The number of carbonyl (C=O) groups excluding carboxylic acids is 3. The summed E-state index contributed by atoms with van der Waals surface area (Å²) in [4.78, 5) is 38.6. The van der Waals surface area contributed by atoms with Gasteiger partial charge >= 0.3 is 0 Å². The summed E-state index contributed by atoms with van der Waals surface area (Å²) in [7, 11) is 0. The van der Waals surface area contributed by atoms with Crippen LogP contribution in [0.1, 0.15) is 36.2 Å². The van der Waals surface area contributed by atoms with E-state index in [-0.39, 0.29) is 18.4 Å². The third kappa shape index (κ3) is 5.36. The molecule has 0 unspecified atom stereocenters. The van der Waals surface area contributed by atoms with E-state index in [9.17, 15) is 14.4 Å². The molecule has 3 rings (SSSR count). The van der Waals surface area contributed by atoms with Crippen molar-refractivity contribution in [2.24, 2.45) is 0 Å². The van der Waals surface area contributed by atoms with Crippen LogP contribution in [0.25, 0.3) is 6.08 Å². The van der Waals surface area contributed by atoms with Crippen LogP contribution in [0.2, 0.25) is 0 Å². The number of benzene rings is 2. The molecule has 1 fully saturated rings. The van der Waals surface area contributed by atoms with E-state index >= 15 is 0 Å². The molecule has 2 amide bonds. The first-order valence-electron chi connectivity index (χ1n) is 9.18. The van der Waals surface area contributed by atoms with E-state index in [4.69, 9.17) is 4.74 Å². The van der Waals surface area contributed by atoms with Crippen LogP contribution >= 0.6 is 27.7 Å². The van der Waals surface area contributed by atoms with Gasteiger partial charge in [-0.15, -0.1) is 0 Å². The van der Waals surface area contributed by atoms with Crippen LogP contribution in [-0.4, -0.2) is 34.5 Å². The third-order valence-corrected chi connectivity index (χ3v) is 5.87. The van der Waals surface area contributed by atoms with Crippen LogP contribution in [0.4, 0.5) is 4.79 Å². The topological polar surface area (TPSA) is 63.7 Å². The van der Waals surface area contributed by atoms with Gasteiger partial charge in [0.25, 0.3) is 11.1 Å². The number of carbonyl (C=O) groups is 3. The van der Waals surface area contributed by atoms with E-state index in [1.165, 1.54) is 0 Å². The number of ketones is 1. The molecule has 1 atom stereocenters. The van der Waals surface area contributed by atoms with E-state index < -0.39 is 11.1 Å². The van der Waals surface area contributed by atoms with Crippen molar-refractivity contribution in [3.63, 3.8) is 0 Å². The molecule has 1 aliphatic rings. The molecule has 0 bridgehead atoms. The lowest BCUT2D eigenvalue weighted by Gasteiger charge is -2.12. The SMILES string of the molecule is CC[C@H](C)Oc1ccc(/C=C2\SC(=O)N(CC(=O)c3ccc(Br)cc3)C2=O)cc1. The summed E-state index contributed by atoms with van der Waals surface area (Å²) in [5, 5.41) is -0.441. The van der Waals surface area contributed by atoms with E-state index in [2.05, 4.69) is 22.9 Å². The Morgan fingerprint density at radius 2 is 1.79 bits per heavy atom. The second-order valence-electron chi connectivity index (χ2n) is 6.60. The normalized spacial score (nSPS) is 16.4. The molecule has 1 heterocycles. The molecule has 0 spiro atoms. The highest BCUT2D eigenvalue weighted by Gasteiger charge is 2.36. The molecule has 2 aromatic rings. The van der Waals surface area contributed by atoms with Gasteiger partial charge in [0.2, 0.25) is 0 Å². The smallest absolute Gasteiger partial charge is 0.293 e. The Bertz CT molecular complexity index is 954. The fraction of sp³-hybridized carbons (Fsp3) is 0.227. The van der Waals surface area contributed by atoms with Crippen LogP contribution in [0.15, 0.2) is 57.9 Å². The van der Waals surface area contributed by atoms with Crippen molar-refractivity contribution < 1.29 is 19.1 Å². The number of nitrogens with zero attached hydrogens (tertiary/aromatic N) is 1. The van der Waals surface area contributed by atoms with Crippen molar-refractivity contribution in [1.29, 1.82) is 0 Å². The molecule has 150 valence electrons. The fourth-order valence-corrected chi connectivity index (χ4v) is 3.72. The molecule has 5 nitrogen and oxygen atoms in total. The van der Waals surface area contributed by atoms with E-state index in [0.717, 1.165) is 38.9 Å².